The number of rotatable bonds is 5. The number of amides is 1. The summed E-state index contributed by atoms with van der Waals surface area (Å²) in [6.45, 7) is 0.953. The first-order chi connectivity index (χ1) is 6.74. The fourth-order valence-electron chi connectivity index (χ4n) is 0.977. The van der Waals surface area contributed by atoms with E-state index in [4.69, 9.17) is 4.74 Å². The van der Waals surface area contributed by atoms with Gasteiger partial charge in [0, 0.05) is 26.0 Å². The Morgan fingerprint density at radius 1 is 1.71 bits per heavy atom. The highest BCUT2D eigenvalue weighted by atomic mass is 16.5. The number of imidazole rings is 1. The third kappa shape index (κ3) is 3.06. The Morgan fingerprint density at radius 3 is 3.07 bits per heavy atom. The van der Waals surface area contributed by atoms with E-state index in [0.717, 1.165) is 0 Å². The van der Waals surface area contributed by atoms with Gasteiger partial charge in [-0.3, -0.25) is 9.36 Å². The zero-order valence-electron chi connectivity index (χ0n) is 7.95. The van der Waals surface area contributed by atoms with Crippen LogP contribution in [0.1, 0.15) is 0 Å². The van der Waals surface area contributed by atoms with Crippen LogP contribution >= 0.6 is 0 Å². The summed E-state index contributed by atoms with van der Waals surface area (Å²) in [6.07, 6.45) is 3.02. The van der Waals surface area contributed by atoms with Crippen molar-refractivity contribution in [2.45, 2.75) is 6.54 Å². The number of nitrogens with zero attached hydrogens (tertiary/aromatic N) is 1. The van der Waals surface area contributed by atoms with Crippen LogP contribution in [0, 0.1) is 0 Å². The van der Waals surface area contributed by atoms with E-state index in [1.807, 2.05) is 0 Å². The molecule has 6 heteroatoms. The largest absolute Gasteiger partial charge is 0.383 e. The highest BCUT2D eigenvalue weighted by molar-refractivity contribution is 5.75. The molecule has 1 aromatic rings. The predicted octanol–water partition coefficient (Wildman–Crippen LogP) is -1.06. The standard InChI is InChI=1S/C8H13N3O3/c1-14-5-3-9-7(12)6-11-4-2-10-8(11)13/h2,4H,3,5-6H2,1H3,(H,9,12)(H,10,13). The van der Waals surface area contributed by atoms with E-state index in [-0.39, 0.29) is 18.1 Å². The van der Waals surface area contributed by atoms with Crippen molar-refractivity contribution >= 4 is 5.91 Å². The van der Waals surface area contributed by atoms with Crippen LogP contribution in [0.25, 0.3) is 0 Å². The molecule has 0 aromatic carbocycles. The van der Waals surface area contributed by atoms with Gasteiger partial charge in [0.05, 0.1) is 6.61 Å². The van der Waals surface area contributed by atoms with E-state index in [1.54, 1.807) is 7.11 Å². The SMILES string of the molecule is COCCNC(=O)Cn1cc[nH]c1=O. The molecule has 0 saturated carbocycles. The number of hydrogen-bond donors (Lipinski definition) is 2. The first-order valence-electron chi connectivity index (χ1n) is 4.23. The molecule has 0 unspecified atom stereocenters. The lowest BCUT2D eigenvalue weighted by Crippen LogP contribution is -2.33. The van der Waals surface area contributed by atoms with Crippen molar-refractivity contribution in [3.8, 4) is 0 Å². The quantitative estimate of drug-likeness (QED) is 0.593. The number of methoxy groups -OCH3 is 1. The molecule has 0 atom stereocenters. The Morgan fingerprint density at radius 2 is 2.50 bits per heavy atom. The molecule has 0 aliphatic carbocycles. The van der Waals surface area contributed by atoms with Gasteiger partial charge in [-0.1, -0.05) is 0 Å². The fourth-order valence-corrected chi connectivity index (χ4v) is 0.977. The summed E-state index contributed by atoms with van der Waals surface area (Å²) in [5.41, 5.74) is -0.285. The number of aromatic nitrogens is 2. The van der Waals surface area contributed by atoms with Gasteiger partial charge in [0.1, 0.15) is 6.54 Å². The molecule has 1 amide bonds. The van der Waals surface area contributed by atoms with E-state index in [1.165, 1.54) is 17.0 Å². The smallest absolute Gasteiger partial charge is 0.325 e. The highest BCUT2D eigenvalue weighted by Gasteiger charge is 2.03. The topological polar surface area (TPSA) is 76.1 Å². The first-order valence-corrected chi connectivity index (χ1v) is 4.23. The fraction of sp³-hybridized carbons (Fsp3) is 0.500. The summed E-state index contributed by atoms with van der Waals surface area (Å²) < 4.78 is 6.06. The third-order valence-corrected chi connectivity index (χ3v) is 1.66. The second kappa shape index (κ2) is 5.23. The van der Waals surface area contributed by atoms with Gasteiger partial charge in [0.25, 0.3) is 0 Å². The Hall–Kier alpha value is -1.56. The number of hydrogen-bond acceptors (Lipinski definition) is 3. The summed E-state index contributed by atoms with van der Waals surface area (Å²) in [6, 6.07) is 0. The van der Waals surface area contributed by atoms with Gasteiger partial charge in [-0.25, -0.2) is 4.79 Å². The van der Waals surface area contributed by atoms with Crippen molar-refractivity contribution < 1.29 is 9.53 Å². The molecule has 0 bridgehead atoms. The number of ether oxygens (including phenoxy) is 1. The predicted molar refractivity (Wildman–Crippen MR) is 49.9 cm³/mol. The van der Waals surface area contributed by atoms with Gasteiger partial charge >= 0.3 is 5.69 Å². The van der Waals surface area contributed by atoms with Gasteiger partial charge in [-0.05, 0) is 0 Å². The number of aromatic amines is 1. The van der Waals surface area contributed by atoms with E-state index >= 15 is 0 Å². The first kappa shape index (κ1) is 10.5. The molecule has 0 saturated heterocycles. The van der Waals surface area contributed by atoms with Crippen molar-refractivity contribution in [2.75, 3.05) is 20.3 Å². The van der Waals surface area contributed by atoms with E-state index in [9.17, 15) is 9.59 Å². The van der Waals surface area contributed by atoms with Gasteiger partial charge in [0.2, 0.25) is 5.91 Å². The summed E-state index contributed by atoms with van der Waals surface area (Å²) in [4.78, 5) is 24.6. The molecule has 1 heterocycles. The lowest BCUT2D eigenvalue weighted by Gasteiger charge is -2.03. The lowest BCUT2D eigenvalue weighted by molar-refractivity contribution is -0.121. The van der Waals surface area contributed by atoms with Crippen molar-refractivity contribution in [3.63, 3.8) is 0 Å². The maximum Gasteiger partial charge on any atom is 0.325 e. The van der Waals surface area contributed by atoms with Crippen LogP contribution in [-0.2, 0) is 16.1 Å². The van der Waals surface area contributed by atoms with Gasteiger partial charge in [-0.15, -0.1) is 0 Å². The summed E-state index contributed by atoms with van der Waals surface area (Å²) in [5.74, 6) is -0.205. The number of carbonyl (C=O) groups excluding carboxylic acids is 1. The van der Waals surface area contributed by atoms with Crippen molar-refractivity contribution in [2.24, 2.45) is 0 Å². The molecule has 0 aliphatic heterocycles. The van der Waals surface area contributed by atoms with Crippen LogP contribution < -0.4 is 11.0 Å². The number of carbonyl (C=O) groups is 1. The minimum atomic E-state index is -0.285. The van der Waals surface area contributed by atoms with Gasteiger partial charge in [0.15, 0.2) is 0 Å². The number of nitrogens with one attached hydrogen (secondary N) is 2. The second-order valence-corrected chi connectivity index (χ2v) is 2.74. The van der Waals surface area contributed by atoms with Gasteiger partial charge < -0.3 is 15.0 Å². The van der Waals surface area contributed by atoms with Crippen molar-refractivity contribution in [1.82, 2.24) is 14.9 Å². The molecule has 0 spiro atoms. The second-order valence-electron chi connectivity index (χ2n) is 2.74. The Bertz CT molecular complexity index is 342. The molecular weight excluding hydrogens is 186 g/mol. The monoisotopic (exact) mass is 199 g/mol. The zero-order valence-corrected chi connectivity index (χ0v) is 7.95. The molecule has 0 radical (unpaired) electrons. The minimum absolute atomic E-state index is 0.0338. The maximum atomic E-state index is 11.2. The molecule has 6 nitrogen and oxygen atoms in total. The Balaban J connectivity index is 2.34. The normalized spacial score (nSPS) is 10.1. The summed E-state index contributed by atoms with van der Waals surface area (Å²) in [7, 11) is 1.56. The van der Waals surface area contributed by atoms with Crippen LogP contribution in [0.4, 0.5) is 0 Å². The minimum Gasteiger partial charge on any atom is -0.383 e. The van der Waals surface area contributed by atoms with Crippen molar-refractivity contribution in [1.29, 1.82) is 0 Å². The molecule has 2 N–H and O–H groups in total. The lowest BCUT2D eigenvalue weighted by atomic mass is 10.5. The maximum absolute atomic E-state index is 11.2. The van der Waals surface area contributed by atoms with Crippen LogP contribution in [-0.4, -0.2) is 35.7 Å². The average molecular weight is 199 g/mol. The highest BCUT2D eigenvalue weighted by Crippen LogP contribution is 1.79. The van der Waals surface area contributed by atoms with E-state index < -0.39 is 0 Å². The Labute approximate surface area is 80.9 Å². The zero-order chi connectivity index (χ0) is 10.4. The molecule has 1 aromatic heterocycles. The molecule has 0 aliphatic rings. The molecule has 78 valence electrons. The van der Waals surface area contributed by atoms with Crippen LogP contribution in [0.3, 0.4) is 0 Å². The number of H-pyrrole nitrogens is 1. The van der Waals surface area contributed by atoms with Crippen LogP contribution in [0.15, 0.2) is 17.2 Å². The average Bonchev–Trinajstić information content (AvgIpc) is 2.52. The van der Waals surface area contributed by atoms with Crippen LogP contribution in [0.5, 0.6) is 0 Å². The molecule has 0 fully saturated rings. The Kier molecular flexibility index (Phi) is 3.93. The molecule has 14 heavy (non-hydrogen) atoms. The van der Waals surface area contributed by atoms with E-state index in [0.29, 0.717) is 13.2 Å². The van der Waals surface area contributed by atoms with E-state index in [2.05, 4.69) is 10.3 Å². The van der Waals surface area contributed by atoms with Crippen LogP contribution in [0.2, 0.25) is 0 Å². The summed E-state index contributed by atoms with van der Waals surface area (Å²) in [5, 5.41) is 2.61. The third-order valence-electron chi connectivity index (χ3n) is 1.66. The van der Waals surface area contributed by atoms with Crippen molar-refractivity contribution in [3.05, 3.63) is 22.9 Å². The molecule has 1 rings (SSSR count). The summed E-state index contributed by atoms with van der Waals surface area (Å²) >= 11 is 0. The van der Waals surface area contributed by atoms with Gasteiger partial charge in [-0.2, -0.15) is 0 Å². The molecular formula is C8H13N3O3.